The van der Waals surface area contributed by atoms with Gasteiger partial charge in [0.25, 0.3) is 0 Å². The third-order valence-corrected chi connectivity index (χ3v) is 3.26. The molecule has 4 nitrogen and oxygen atoms in total. The second-order valence-electron chi connectivity index (χ2n) is 5.84. The second kappa shape index (κ2) is 11.6. The molecule has 0 aromatic heterocycles. The fraction of sp³-hybridized carbons (Fsp3) is 0.526. The summed E-state index contributed by atoms with van der Waals surface area (Å²) >= 11 is 0. The number of hydrogen-bond acceptors (Lipinski definition) is 3. The van der Waals surface area contributed by atoms with Crippen LogP contribution in [0.3, 0.4) is 0 Å². The van der Waals surface area contributed by atoms with Gasteiger partial charge in [-0.3, -0.25) is 0 Å². The molecule has 0 fully saturated rings. The van der Waals surface area contributed by atoms with Crippen molar-refractivity contribution in [3.8, 4) is 0 Å². The minimum atomic E-state index is -0.389. The van der Waals surface area contributed by atoms with Gasteiger partial charge in [0.2, 0.25) is 0 Å². The van der Waals surface area contributed by atoms with Crippen LogP contribution in [-0.2, 0) is 16.1 Å². The Bertz CT molecular complexity index is 469. The summed E-state index contributed by atoms with van der Waals surface area (Å²) in [7, 11) is 0. The van der Waals surface area contributed by atoms with Crippen molar-refractivity contribution in [2.24, 2.45) is 5.92 Å². The molecule has 128 valence electrons. The molecule has 1 amide bonds. The van der Waals surface area contributed by atoms with Gasteiger partial charge in [-0.05, 0) is 30.4 Å². The molecule has 0 radical (unpaired) electrons. The highest BCUT2D eigenvalue weighted by atomic mass is 16.5. The van der Waals surface area contributed by atoms with Crippen LogP contribution in [0.5, 0.6) is 0 Å². The summed E-state index contributed by atoms with van der Waals surface area (Å²) in [4.78, 5) is 11.6. The van der Waals surface area contributed by atoms with E-state index in [4.69, 9.17) is 9.47 Å². The SMILES string of the molecule is CC/C(=C\CC(C)C)OCCCNC(=O)OCc1ccccc1. The van der Waals surface area contributed by atoms with Gasteiger partial charge in [0.1, 0.15) is 6.61 Å². The molecule has 0 unspecified atom stereocenters. The average molecular weight is 319 g/mol. The lowest BCUT2D eigenvalue weighted by molar-refractivity contribution is 0.137. The molecule has 0 aliphatic heterocycles. The third-order valence-electron chi connectivity index (χ3n) is 3.26. The van der Waals surface area contributed by atoms with Gasteiger partial charge in [0.05, 0.1) is 12.4 Å². The van der Waals surface area contributed by atoms with Crippen molar-refractivity contribution in [3.63, 3.8) is 0 Å². The fourth-order valence-electron chi connectivity index (χ4n) is 1.91. The number of nitrogens with one attached hydrogen (secondary N) is 1. The Labute approximate surface area is 139 Å². The van der Waals surface area contributed by atoms with E-state index in [0.29, 0.717) is 25.7 Å². The van der Waals surface area contributed by atoms with E-state index in [1.165, 1.54) is 0 Å². The molecule has 0 bridgehead atoms. The van der Waals surface area contributed by atoms with Crippen molar-refractivity contribution < 1.29 is 14.3 Å². The van der Waals surface area contributed by atoms with Crippen molar-refractivity contribution in [1.82, 2.24) is 5.32 Å². The van der Waals surface area contributed by atoms with Crippen LogP contribution in [-0.4, -0.2) is 19.2 Å². The third kappa shape index (κ3) is 9.61. The lowest BCUT2D eigenvalue weighted by atomic mass is 10.1. The standard InChI is InChI=1S/C19H29NO3/c1-4-18(12-11-16(2)3)22-14-8-13-20-19(21)23-15-17-9-6-5-7-10-17/h5-7,9-10,12,16H,4,8,11,13-15H2,1-3H3,(H,20,21)/b18-12+. The van der Waals surface area contributed by atoms with Crippen molar-refractivity contribution in [3.05, 3.63) is 47.7 Å². The molecular formula is C19H29NO3. The van der Waals surface area contributed by atoms with Crippen molar-refractivity contribution in [1.29, 1.82) is 0 Å². The van der Waals surface area contributed by atoms with Crippen molar-refractivity contribution in [2.75, 3.05) is 13.2 Å². The molecular weight excluding hydrogens is 290 g/mol. The van der Waals surface area contributed by atoms with Crippen molar-refractivity contribution >= 4 is 6.09 Å². The highest BCUT2D eigenvalue weighted by molar-refractivity contribution is 5.67. The number of carbonyl (C=O) groups excluding carboxylic acids is 1. The van der Waals surface area contributed by atoms with E-state index in [2.05, 4.69) is 32.2 Å². The Hall–Kier alpha value is -1.97. The van der Waals surface area contributed by atoms with Crippen LogP contribution in [0.15, 0.2) is 42.2 Å². The largest absolute Gasteiger partial charge is 0.498 e. The first kappa shape index (κ1) is 19.1. The molecule has 1 N–H and O–H groups in total. The molecule has 1 aromatic carbocycles. The van der Waals surface area contributed by atoms with Gasteiger partial charge in [0, 0.05) is 13.0 Å². The summed E-state index contributed by atoms with van der Waals surface area (Å²) in [5, 5.41) is 2.73. The van der Waals surface area contributed by atoms with Crippen LogP contribution >= 0.6 is 0 Å². The summed E-state index contributed by atoms with van der Waals surface area (Å²) in [6.07, 6.45) is 4.47. The van der Waals surface area contributed by atoms with E-state index in [1.54, 1.807) is 0 Å². The van der Waals surface area contributed by atoms with Gasteiger partial charge in [0.15, 0.2) is 0 Å². The maximum absolute atomic E-state index is 11.6. The predicted octanol–water partition coefficient (Wildman–Crippen LogP) is 4.66. The van der Waals surface area contributed by atoms with Gasteiger partial charge >= 0.3 is 6.09 Å². The number of alkyl carbamates (subject to hydrolysis) is 1. The van der Waals surface area contributed by atoms with E-state index in [-0.39, 0.29) is 6.09 Å². The molecule has 0 saturated carbocycles. The normalized spacial score (nSPS) is 11.4. The zero-order valence-corrected chi connectivity index (χ0v) is 14.5. The van der Waals surface area contributed by atoms with Crippen LogP contribution in [0.1, 0.15) is 45.6 Å². The monoisotopic (exact) mass is 319 g/mol. The average Bonchev–Trinajstić information content (AvgIpc) is 2.56. The number of benzene rings is 1. The fourth-order valence-corrected chi connectivity index (χ4v) is 1.91. The summed E-state index contributed by atoms with van der Waals surface area (Å²) in [6, 6.07) is 9.63. The van der Waals surface area contributed by atoms with Crippen LogP contribution in [0.25, 0.3) is 0 Å². The summed E-state index contributed by atoms with van der Waals surface area (Å²) in [5.74, 6) is 1.67. The van der Waals surface area contributed by atoms with E-state index in [9.17, 15) is 4.79 Å². The van der Waals surface area contributed by atoms with Crippen LogP contribution in [0, 0.1) is 5.92 Å². The minimum absolute atomic E-state index is 0.293. The van der Waals surface area contributed by atoms with Gasteiger partial charge < -0.3 is 14.8 Å². The Morgan fingerprint density at radius 1 is 1.22 bits per heavy atom. The zero-order valence-electron chi connectivity index (χ0n) is 14.5. The molecule has 0 atom stereocenters. The minimum Gasteiger partial charge on any atom is -0.498 e. The van der Waals surface area contributed by atoms with Gasteiger partial charge in [-0.25, -0.2) is 4.79 Å². The Kier molecular flexibility index (Phi) is 9.60. The summed E-state index contributed by atoms with van der Waals surface area (Å²) in [5.41, 5.74) is 0.980. The van der Waals surface area contributed by atoms with Crippen molar-refractivity contribution in [2.45, 2.75) is 46.6 Å². The second-order valence-corrected chi connectivity index (χ2v) is 5.84. The molecule has 0 aliphatic rings. The highest BCUT2D eigenvalue weighted by Crippen LogP contribution is 2.09. The highest BCUT2D eigenvalue weighted by Gasteiger charge is 2.02. The van der Waals surface area contributed by atoms with Crippen LogP contribution < -0.4 is 5.32 Å². The molecule has 0 heterocycles. The molecule has 0 saturated heterocycles. The summed E-state index contributed by atoms with van der Waals surface area (Å²) in [6.45, 7) is 7.92. The number of allylic oxidation sites excluding steroid dienone is 2. The number of carbonyl (C=O) groups is 1. The van der Waals surface area contributed by atoms with Gasteiger partial charge in [-0.2, -0.15) is 0 Å². The first-order valence-corrected chi connectivity index (χ1v) is 8.38. The number of rotatable bonds is 10. The molecule has 1 aromatic rings. The van der Waals surface area contributed by atoms with Crippen LogP contribution in [0.4, 0.5) is 4.79 Å². The van der Waals surface area contributed by atoms with E-state index < -0.39 is 0 Å². The first-order chi connectivity index (χ1) is 11.1. The van der Waals surface area contributed by atoms with E-state index in [1.807, 2.05) is 30.3 Å². The molecule has 1 rings (SSSR count). The topological polar surface area (TPSA) is 47.6 Å². The zero-order chi connectivity index (χ0) is 16.9. The first-order valence-electron chi connectivity index (χ1n) is 8.38. The smallest absolute Gasteiger partial charge is 0.407 e. The Morgan fingerprint density at radius 3 is 2.61 bits per heavy atom. The lowest BCUT2D eigenvalue weighted by Gasteiger charge is -2.10. The summed E-state index contributed by atoms with van der Waals surface area (Å²) < 4.78 is 10.9. The molecule has 0 aliphatic carbocycles. The quantitative estimate of drug-likeness (QED) is 0.504. The van der Waals surface area contributed by atoms with E-state index >= 15 is 0 Å². The molecule has 0 spiro atoms. The maximum atomic E-state index is 11.6. The Balaban J connectivity index is 2.09. The van der Waals surface area contributed by atoms with E-state index in [0.717, 1.165) is 30.6 Å². The Morgan fingerprint density at radius 2 is 1.96 bits per heavy atom. The molecule has 23 heavy (non-hydrogen) atoms. The van der Waals surface area contributed by atoms with Gasteiger partial charge in [-0.1, -0.05) is 51.1 Å². The number of ether oxygens (including phenoxy) is 2. The van der Waals surface area contributed by atoms with Gasteiger partial charge in [-0.15, -0.1) is 0 Å². The predicted molar refractivity (Wildman–Crippen MR) is 93.0 cm³/mol. The molecule has 4 heteroatoms. The maximum Gasteiger partial charge on any atom is 0.407 e. The number of hydrogen-bond donors (Lipinski definition) is 1. The lowest BCUT2D eigenvalue weighted by Crippen LogP contribution is -2.25. The van der Waals surface area contributed by atoms with Crippen LogP contribution in [0.2, 0.25) is 0 Å². The number of amides is 1.